The fourth-order valence-corrected chi connectivity index (χ4v) is 2.94. The van der Waals surface area contributed by atoms with E-state index in [4.69, 9.17) is 0 Å². The Hall–Kier alpha value is -3.58. The molecule has 0 spiro atoms. The Morgan fingerprint density at radius 3 is 2.47 bits per heavy atom. The fraction of sp³-hybridized carbons (Fsp3) is 0.174. The zero-order valence-corrected chi connectivity index (χ0v) is 16.9. The maximum Gasteiger partial charge on any atom is 0.274 e. The Morgan fingerprint density at radius 1 is 0.967 bits per heavy atom. The molecule has 0 aliphatic rings. The van der Waals surface area contributed by atoms with Crippen LogP contribution in [0.15, 0.2) is 66.9 Å². The van der Waals surface area contributed by atoms with Gasteiger partial charge in [-0.1, -0.05) is 18.2 Å². The number of aromatic nitrogens is 1. The summed E-state index contributed by atoms with van der Waals surface area (Å²) in [5, 5.41) is 6.04. The van der Waals surface area contributed by atoms with Gasteiger partial charge in [-0.05, 0) is 53.6 Å². The van der Waals surface area contributed by atoms with Gasteiger partial charge in [0.05, 0.1) is 0 Å². The lowest BCUT2D eigenvalue weighted by atomic mass is 10.1. The van der Waals surface area contributed by atoms with Crippen molar-refractivity contribution < 1.29 is 14.0 Å². The van der Waals surface area contributed by atoms with E-state index in [1.165, 1.54) is 17.0 Å². The van der Waals surface area contributed by atoms with E-state index in [0.29, 0.717) is 24.3 Å². The summed E-state index contributed by atoms with van der Waals surface area (Å²) in [6.45, 7) is 0.913. The quantitative estimate of drug-likeness (QED) is 0.630. The maximum absolute atomic E-state index is 13.3. The normalized spacial score (nSPS) is 10.5. The number of pyridine rings is 1. The molecule has 3 rings (SSSR count). The van der Waals surface area contributed by atoms with Gasteiger partial charge in [-0.3, -0.25) is 14.6 Å². The number of carbonyl (C=O) groups is 2. The predicted molar refractivity (Wildman–Crippen MR) is 114 cm³/mol. The summed E-state index contributed by atoms with van der Waals surface area (Å²) in [6.07, 6.45) is 1.54. The van der Waals surface area contributed by atoms with Crippen molar-refractivity contribution in [3.63, 3.8) is 0 Å². The molecule has 3 aromatic rings. The molecule has 1 heterocycles. The van der Waals surface area contributed by atoms with E-state index in [2.05, 4.69) is 15.6 Å². The first-order chi connectivity index (χ1) is 14.4. The number of rotatable bonds is 7. The van der Waals surface area contributed by atoms with Crippen LogP contribution in [-0.4, -0.2) is 35.8 Å². The van der Waals surface area contributed by atoms with Crippen LogP contribution < -0.4 is 10.6 Å². The second-order valence-electron chi connectivity index (χ2n) is 7.02. The lowest BCUT2D eigenvalue weighted by Crippen LogP contribution is -2.23. The van der Waals surface area contributed by atoms with Gasteiger partial charge < -0.3 is 15.5 Å². The zero-order valence-electron chi connectivity index (χ0n) is 16.9. The van der Waals surface area contributed by atoms with Crippen LogP contribution in [0.1, 0.15) is 32.0 Å². The van der Waals surface area contributed by atoms with Gasteiger partial charge in [0, 0.05) is 44.6 Å². The minimum atomic E-state index is -0.358. The number of nitrogens with one attached hydrogen (secondary N) is 2. The average molecular weight is 406 g/mol. The summed E-state index contributed by atoms with van der Waals surface area (Å²) in [4.78, 5) is 30.4. The van der Waals surface area contributed by atoms with Gasteiger partial charge in [0.1, 0.15) is 11.5 Å². The molecule has 7 heteroatoms. The van der Waals surface area contributed by atoms with E-state index in [-0.39, 0.29) is 23.3 Å². The van der Waals surface area contributed by atoms with E-state index in [1.807, 2.05) is 6.07 Å². The third kappa shape index (κ3) is 5.71. The Morgan fingerprint density at radius 2 is 1.77 bits per heavy atom. The Balaban J connectivity index is 1.77. The first kappa shape index (κ1) is 21.1. The molecule has 2 N–H and O–H groups in total. The van der Waals surface area contributed by atoms with Crippen molar-refractivity contribution in [1.82, 2.24) is 15.2 Å². The topological polar surface area (TPSA) is 74.3 Å². The van der Waals surface area contributed by atoms with Gasteiger partial charge in [0.2, 0.25) is 0 Å². The van der Waals surface area contributed by atoms with E-state index in [9.17, 15) is 14.0 Å². The molecule has 154 valence electrons. The molecule has 0 aliphatic heterocycles. The van der Waals surface area contributed by atoms with Crippen molar-refractivity contribution in [3.05, 3.63) is 95.1 Å². The van der Waals surface area contributed by atoms with Crippen molar-refractivity contribution in [2.24, 2.45) is 0 Å². The minimum absolute atomic E-state index is 0.171. The van der Waals surface area contributed by atoms with Crippen molar-refractivity contribution >= 4 is 17.5 Å². The second kappa shape index (κ2) is 9.76. The van der Waals surface area contributed by atoms with Gasteiger partial charge in [0.25, 0.3) is 11.8 Å². The average Bonchev–Trinajstić information content (AvgIpc) is 2.73. The molecular formula is C23H23FN4O2. The van der Waals surface area contributed by atoms with Crippen molar-refractivity contribution in [1.29, 1.82) is 0 Å². The molecule has 30 heavy (non-hydrogen) atoms. The first-order valence-corrected chi connectivity index (χ1v) is 9.45. The number of hydrogen-bond donors (Lipinski definition) is 2. The summed E-state index contributed by atoms with van der Waals surface area (Å²) >= 11 is 0. The summed E-state index contributed by atoms with van der Waals surface area (Å²) in [5.74, 6) is -0.813. The van der Waals surface area contributed by atoms with Crippen LogP contribution >= 0.6 is 0 Å². The van der Waals surface area contributed by atoms with Crippen LogP contribution in [0, 0.1) is 5.82 Å². The molecule has 1 aromatic heterocycles. The fourth-order valence-electron chi connectivity index (χ4n) is 2.94. The molecule has 0 atom stereocenters. The van der Waals surface area contributed by atoms with E-state index in [1.54, 1.807) is 62.8 Å². The smallest absolute Gasteiger partial charge is 0.274 e. The molecule has 0 aliphatic carbocycles. The molecule has 0 unspecified atom stereocenters. The molecule has 6 nitrogen and oxygen atoms in total. The second-order valence-corrected chi connectivity index (χ2v) is 7.02. The Labute approximate surface area is 174 Å². The lowest BCUT2D eigenvalue weighted by molar-refractivity contribution is 0.0827. The highest BCUT2D eigenvalue weighted by atomic mass is 19.1. The summed E-state index contributed by atoms with van der Waals surface area (Å²) in [7, 11) is 3.34. The SMILES string of the molecule is CN(C)C(=O)c1cc(CNCc2cccc(F)c2)cc(NC(=O)c2ccccn2)c1. The molecule has 2 amide bonds. The van der Waals surface area contributed by atoms with Gasteiger partial charge in [-0.15, -0.1) is 0 Å². The van der Waals surface area contributed by atoms with Gasteiger partial charge >= 0.3 is 0 Å². The largest absolute Gasteiger partial charge is 0.345 e. The van der Waals surface area contributed by atoms with Gasteiger partial charge in [-0.25, -0.2) is 4.39 Å². The predicted octanol–water partition coefficient (Wildman–Crippen LogP) is 3.46. The highest BCUT2D eigenvalue weighted by Crippen LogP contribution is 2.18. The third-order valence-electron chi connectivity index (χ3n) is 4.35. The maximum atomic E-state index is 13.3. The molecule has 0 saturated heterocycles. The van der Waals surface area contributed by atoms with Gasteiger partial charge in [-0.2, -0.15) is 0 Å². The number of benzene rings is 2. The molecule has 0 bridgehead atoms. The molecule has 0 fully saturated rings. The van der Waals surface area contributed by atoms with Gasteiger partial charge in [0.15, 0.2) is 0 Å². The Kier molecular flexibility index (Phi) is 6.87. The highest BCUT2D eigenvalue weighted by Gasteiger charge is 2.13. The number of nitrogens with zero attached hydrogens (tertiary/aromatic N) is 2. The molecule has 2 aromatic carbocycles. The van der Waals surface area contributed by atoms with Crippen molar-refractivity contribution in [2.75, 3.05) is 19.4 Å². The number of halogens is 1. The van der Waals surface area contributed by atoms with Crippen LogP contribution in [0.4, 0.5) is 10.1 Å². The van der Waals surface area contributed by atoms with E-state index in [0.717, 1.165) is 11.1 Å². The van der Waals surface area contributed by atoms with Crippen molar-refractivity contribution in [2.45, 2.75) is 13.1 Å². The third-order valence-corrected chi connectivity index (χ3v) is 4.35. The van der Waals surface area contributed by atoms with Crippen molar-refractivity contribution in [3.8, 4) is 0 Å². The number of amides is 2. The summed E-state index contributed by atoms with van der Waals surface area (Å²) < 4.78 is 13.3. The molecular weight excluding hydrogens is 383 g/mol. The highest BCUT2D eigenvalue weighted by molar-refractivity contribution is 6.04. The molecule has 0 radical (unpaired) electrons. The number of anilines is 1. The zero-order chi connectivity index (χ0) is 21.5. The first-order valence-electron chi connectivity index (χ1n) is 9.45. The summed E-state index contributed by atoms with van der Waals surface area (Å²) in [5.41, 5.74) is 2.88. The van der Waals surface area contributed by atoms with Crippen LogP contribution in [-0.2, 0) is 13.1 Å². The van der Waals surface area contributed by atoms with Crippen LogP contribution in [0.2, 0.25) is 0 Å². The minimum Gasteiger partial charge on any atom is -0.345 e. The van der Waals surface area contributed by atoms with E-state index < -0.39 is 0 Å². The lowest BCUT2D eigenvalue weighted by Gasteiger charge is -2.14. The standard InChI is InChI=1S/C23H23FN4O2/c1-28(2)23(30)18-10-17(15-25-14-16-6-5-7-19(24)11-16)12-20(13-18)27-22(29)21-8-3-4-9-26-21/h3-13,25H,14-15H2,1-2H3,(H,27,29). The summed E-state index contributed by atoms with van der Waals surface area (Å²) in [6, 6.07) is 16.7. The Bertz CT molecular complexity index is 1040. The van der Waals surface area contributed by atoms with E-state index >= 15 is 0 Å². The number of carbonyl (C=O) groups excluding carboxylic acids is 2. The molecule has 0 saturated carbocycles. The van der Waals surface area contributed by atoms with Crippen LogP contribution in [0.25, 0.3) is 0 Å². The van der Waals surface area contributed by atoms with Crippen LogP contribution in [0.5, 0.6) is 0 Å². The number of hydrogen-bond acceptors (Lipinski definition) is 4. The monoisotopic (exact) mass is 406 g/mol. The van der Waals surface area contributed by atoms with Crippen LogP contribution in [0.3, 0.4) is 0 Å².